The van der Waals surface area contributed by atoms with Gasteiger partial charge in [0.05, 0.1) is 42.2 Å². The Labute approximate surface area is 272 Å². The Bertz CT molecular complexity index is 1650. The number of nitrogens with one attached hydrogen (secondary N) is 1. The molecule has 0 saturated carbocycles. The van der Waals surface area contributed by atoms with Gasteiger partial charge in [-0.05, 0) is 75.7 Å². The monoisotopic (exact) mass is 656 g/mol. The Kier molecular flexibility index (Phi) is 11.4. The second kappa shape index (κ2) is 15.0. The summed E-state index contributed by atoms with van der Waals surface area (Å²) in [5.41, 5.74) is 1.79. The van der Waals surface area contributed by atoms with Gasteiger partial charge in [-0.2, -0.15) is 0 Å². The number of hydrogen-bond acceptors (Lipinski definition) is 9. The quantitative estimate of drug-likeness (QED) is 0.190. The second-order valence-corrected chi connectivity index (χ2v) is 13.1. The van der Waals surface area contributed by atoms with Crippen molar-refractivity contribution in [2.45, 2.75) is 43.9 Å². The molecule has 3 aromatic carbocycles. The first-order valence-corrected chi connectivity index (χ1v) is 15.6. The molecule has 1 aliphatic rings. The van der Waals surface area contributed by atoms with Gasteiger partial charge in [-0.25, -0.2) is 14.4 Å². The lowest BCUT2D eigenvalue weighted by Crippen LogP contribution is -2.18. The number of anilines is 2. The number of rotatable bonds is 9. The molecule has 1 fully saturated rings. The maximum atomic E-state index is 14.1. The molecule has 0 spiro atoms. The van der Waals surface area contributed by atoms with Gasteiger partial charge in [0, 0.05) is 35.5 Å². The summed E-state index contributed by atoms with van der Waals surface area (Å²) in [7, 11) is 4.87. The van der Waals surface area contributed by atoms with E-state index in [0.717, 1.165) is 46.6 Å². The molecule has 1 atom stereocenters. The number of ether oxygens (including phenoxy) is 3. The standard InChI is InChI=1S/C28H28ClFN4O3S.C5H10O2/c1-35-24-7-4-17(10-25(24)36-2)15-34(18-5-6-22(30)21(29)11-18)28-20-12-27(38-19-8-9-31-14-19)26(37-3)13-23(20)32-16-33-28;1-5(2,3)4(6)7/h4-7,10-13,16,19,31H,8-9,14-15H2,1-3H3;1-3H3,(H,6,7). The van der Waals surface area contributed by atoms with Crippen molar-refractivity contribution in [1.29, 1.82) is 0 Å². The average Bonchev–Trinajstić information content (AvgIpc) is 3.53. The Morgan fingerprint density at radius 2 is 1.76 bits per heavy atom. The Hall–Kier alpha value is -3.80. The van der Waals surface area contributed by atoms with Gasteiger partial charge < -0.3 is 29.5 Å². The predicted octanol–water partition coefficient (Wildman–Crippen LogP) is 7.36. The van der Waals surface area contributed by atoms with Crippen LogP contribution in [0.15, 0.2) is 59.8 Å². The molecule has 0 radical (unpaired) electrons. The van der Waals surface area contributed by atoms with Crippen LogP contribution in [0.3, 0.4) is 0 Å². The zero-order chi connectivity index (χ0) is 32.7. The highest BCUT2D eigenvalue weighted by Gasteiger charge is 2.22. The fourth-order valence-corrected chi connectivity index (χ4v) is 5.94. The highest BCUT2D eigenvalue weighted by molar-refractivity contribution is 8.00. The minimum absolute atomic E-state index is 0.0322. The van der Waals surface area contributed by atoms with Crippen LogP contribution in [0.2, 0.25) is 5.02 Å². The van der Waals surface area contributed by atoms with Gasteiger partial charge in [0.15, 0.2) is 11.5 Å². The molecule has 5 rings (SSSR count). The van der Waals surface area contributed by atoms with Gasteiger partial charge >= 0.3 is 5.97 Å². The molecule has 9 nitrogen and oxygen atoms in total. The van der Waals surface area contributed by atoms with Crippen molar-refractivity contribution in [2.24, 2.45) is 5.41 Å². The maximum Gasteiger partial charge on any atom is 0.308 e. The van der Waals surface area contributed by atoms with E-state index in [-0.39, 0.29) is 5.02 Å². The summed E-state index contributed by atoms with van der Waals surface area (Å²) in [6, 6.07) is 14.4. The van der Waals surface area contributed by atoms with Gasteiger partial charge in [0.1, 0.15) is 23.7 Å². The first-order valence-electron chi connectivity index (χ1n) is 14.3. The average molecular weight is 657 g/mol. The number of nitrogens with zero attached hydrogens (tertiary/aromatic N) is 3. The van der Waals surface area contributed by atoms with E-state index in [1.165, 1.54) is 12.4 Å². The van der Waals surface area contributed by atoms with E-state index >= 15 is 0 Å². The summed E-state index contributed by atoms with van der Waals surface area (Å²) in [4.78, 5) is 22.3. The van der Waals surface area contributed by atoms with Crippen molar-refractivity contribution < 1.29 is 28.5 Å². The lowest BCUT2D eigenvalue weighted by molar-refractivity contribution is -0.145. The smallest absolute Gasteiger partial charge is 0.308 e. The summed E-state index contributed by atoms with van der Waals surface area (Å²) in [5, 5.41) is 13.0. The zero-order valence-corrected chi connectivity index (χ0v) is 27.8. The predicted molar refractivity (Wildman–Crippen MR) is 177 cm³/mol. The van der Waals surface area contributed by atoms with Crippen LogP contribution < -0.4 is 24.4 Å². The lowest BCUT2D eigenvalue weighted by atomic mass is 9.98. The van der Waals surface area contributed by atoms with Gasteiger partial charge in [0.25, 0.3) is 0 Å². The van der Waals surface area contributed by atoms with Crippen LogP contribution in [0.5, 0.6) is 17.2 Å². The molecule has 45 heavy (non-hydrogen) atoms. The molecular weight excluding hydrogens is 619 g/mol. The third kappa shape index (κ3) is 8.47. The normalized spacial score (nSPS) is 14.4. The highest BCUT2D eigenvalue weighted by atomic mass is 35.5. The SMILES string of the molecule is CC(C)(C)C(=O)O.COc1ccc(CN(c2ccc(F)c(Cl)c2)c2ncnc3cc(OC)c(SC4CCNC4)cc23)cc1OC. The summed E-state index contributed by atoms with van der Waals surface area (Å²) >= 11 is 8.01. The van der Waals surface area contributed by atoms with Crippen molar-refractivity contribution >= 4 is 51.7 Å². The number of halogens is 2. The Morgan fingerprint density at radius 3 is 2.36 bits per heavy atom. The third-order valence-corrected chi connectivity index (χ3v) is 8.71. The Morgan fingerprint density at radius 1 is 1.04 bits per heavy atom. The van der Waals surface area contributed by atoms with E-state index in [1.807, 2.05) is 29.2 Å². The van der Waals surface area contributed by atoms with Gasteiger partial charge in [-0.15, -0.1) is 11.8 Å². The molecule has 0 aliphatic carbocycles. The van der Waals surface area contributed by atoms with E-state index in [9.17, 15) is 9.18 Å². The zero-order valence-electron chi connectivity index (χ0n) is 26.2. The lowest BCUT2D eigenvalue weighted by Gasteiger charge is -2.26. The molecule has 0 bridgehead atoms. The first-order chi connectivity index (χ1) is 21.4. The van der Waals surface area contributed by atoms with Crippen LogP contribution in [-0.2, 0) is 11.3 Å². The van der Waals surface area contributed by atoms with E-state index < -0.39 is 17.2 Å². The van der Waals surface area contributed by atoms with Gasteiger partial charge in [0.2, 0.25) is 0 Å². The number of carbonyl (C=O) groups is 1. The van der Waals surface area contributed by atoms with Crippen LogP contribution in [0.25, 0.3) is 10.9 Å². The van der Waals surface area contributed by atoms with Crippen LogP contribution >= 0.6 is 23.4 Å². The number of aliphatic carboxylic acids is 1. The number of hydrogen-bond donors (Lipinski definition) is 2. The van der Waals surface area contributed by atoms with Gasteiger partial charge in [-0.1, -0.05) is 17.7 Å². The topological polar surface area (TPSA) is 106 Å². The minimum Gasteiger partial charge on any atom is -0.496 e. The first kappa shape index (κ1) is 34.1. The summed E-state index contributed by atoms with van der Waals surface area (Å²) in [5.74, 6) is 1.45. The highest BCUT2D eigenvalue weighted by Crippen LogP contribution is 2.41. The van der Waals surface area contributed by atoms with Crippen molar-refractivity contribution in [2.75, 3.05) is 39.3 Å². The largest absolute Gasteiger partial charge is 0.496 e. The van der Waals surface area contributed by atoms with E-state index in [1.54, 1.807) is 66.0 Å². The van der Waals surface area contributed by atoms with Gasteiger partial charge in [-0.3, -0.25) is 4.79 Å². The number of carboxylic acids is 1. The van der Waals surface area contributed by atoms with Crippen LogP contribution in [-0.4, -0.2) is 60.7 Å². The molecule has 1 saturated heterocycles. The molecule has 0 amide bonds. The van der Waals surface area contributed by atoms with E-state index in [0.29, 0.717) is 34.8 Å². The number of aromatic nitrogens is 2. The van der Waals surface area contributed by atoms with Crippen molar-refractivity contribution in [3.05, 3.63) is 71.3 Å². The third-order valence-electron chi connectivity index (χ3n) is 7.11. The fourth-order valence-electron chi connectivity index (χ4n) is 4.53. The molecule has 4 aromatic rings. The van der Waals surface area contributed by atoms with Crippen molar-refractivity contribution in [3.63, 3.8) is 0 Å². The van der Waals surface area contributed by atoms with Crippen LogP contribution in [0.4, 0.5) is 15.9 Å². The summed E-state index contributed by atoms with van der Waals surface area (Å²) < 4.78 is 30.8. The minimum atomic E-state index is -0.757. The molecule has 1 aromatic heterocycles. The van der Waals surface area contributed by atoms with E-state index in [2.05, 4.69) is 16.4 Å². The Balaban J connectivity index is 0.000000591. The number of thioether (sulfide) groups is 1. The van der Waals surface area contributed by atoms with Crippen molar-refractivity contribution in [3.8, 4) is 17.2 Å². The number of methoxy groups -OCH3 is 3. The molecule has 2 N–H and O–H groups in total. The number of benzene rings is 3. The van der Waals surface area contributed by atoms with E-state index in [4.69, 9.17) is 35.9 Å². The summed E-state index contributed by atoms with van der Waals surface area (Å²) in [6.45, 7) is 7.35. The molecule has 240 valence electrons. The van der Waals surface area contributed by atoms with Crippen LogP contribution in [0.1, 0.15) is 32.8 Å². The summed E-state index contributed by atoms with van der Waals surface area (Å²) in [6.07, 6.45) is 2.61. The molecular formula is C33H38ClFN4O5S. The molecule has 1 unspecified atom stereocenters. The second-order valence-electron chi connectivity index (χ2n) is 11.4. The molecule has 1 aliphatic heterocycles. The maximum absolute atomic E-state index is 14.1. The molecule has 12 heteroatoms. The van der Waals surface area contributed by atoms with Crippen LogP contribution in [0, 0.1) is 11.2 Å². The van der Waals surface area contributed by atoms with Crippen molar-refractivity contribution in [1.82, 2.24) is 15.3 Å². The number of fused-ring (bicyclic) bond motifs is 1. The number of carboxylic acid groups (broad SMARTS) is 1. The molecule has 2 heterocycles. The fraction of sp³-hybridized carbons (Fsp3) is 0.364.